The standard InChI is InChI=1S/C15H19F3O2S/c1-3-5-9-20-14(19)11-7-8-12(15(16,17)18)13(21)10(11)6-4-2/h7-8,21H,3-6,9H2,1-2H3. The zero-order chi connectivity index (χ0) is 16.0. The fraction of sp³-hybridized carbons (Fsp3) is 0.533. The first-order valence-electron chi connectivity index (χ1n) is 6.92. The van der Waals surface area contributed by atoms with Crippen LogP contribution < -0.4 is 0 Å². The summed E-state index contributed by atoms with van der Waals surface area (Å²) in [6, 6.07) is 2.07. The summed E-state index contributed by atoms with van der Waals surface area (Å²) >= 11 is 3.98. The lowest BCUT2D eigenvalue weighted by atomic mass is 9.99. The fourth-order valence-corrected chi connectivity index (χ4v) is 2.38. The molecule has 0 spiro atoms. The molecule has 0 amide bonds. The molecular weight excluding hydrogens is 301 g/mol. The SMILES string of the molecule is CCCCOC(=O)c1ccc(C(F)(F)F)c(S)c1CCC. The van der Waals surface area contributed by atoms with Crippen LogP contribution in [0.3, 0.4) is 0 Å². The summed E-state index contributed by atoms with van der Waals surface area (Å²) in [6.07, 6.45) is -1.92. The van der Waals surface area contributed by atoms with Crippen molar-refractivity contribution in [3.8, 4) is 0 Å². The molecule has 1 aromatic rings. The lowest BCUT2D eigenvalue weighted by Crippen LogP contribution is -2.14. The van der Waals surface area contributed by atoms with E-state index in [4.69, 9.17) is 4.74 Å². The van der Waals surface area contributed by atoms with Gasteiger partial charge in [0.1, 0.15) is 0 Å². The Labute approximate surface area is 128 Å². The van der Waals surface area contributed by atoms with Crippen LogP contribution in [0.1, 0.15) is 54.6 Å². The first-order valence-corrected chi connectivity index (χ1v) is 7.36. The van der Waals surface area contributed by atoms with E-state index in [-0.39, 0.29) is 17.1 Å². The van der Waals surface area contributed by atoms with Crippen LogP contribution >= 0.6 is 12.6 Å². The monoisotopic (exact) mass is 320 g/mol. The van der Waals surface area contributed by atoms with Crippen molar-refractivity contribution in [1.29, 1.82) is 0 Å². The molecule has 0 unspecified atom stereocenters. The summed E-state index contributed by atoms with van der Waals surface area (Å²) in [5, 5.41) is 0. The van der Waals surface area contributed by atoms with Gasteiger partial charge < -0.3 is 4.74 Å². The van der Waals surface area contributed by atoms with Crippen LogP contribution in [0.25, 0.3) is 0 Å². The quantitative estimate of drug-likeness (QED) is 0.458. The highest BCUT2D eigenvalue weighted by Crippen LogP contribution is 2.37. The van der Waals surface area contributed by atoms with Gasteiger partial charge in [0.25, 0.3) is 0 Å². The molecule has 118 valence electrons. The van der Waals surface area contributed by atoms with Crippen LogP contribution in [0, 0.1) is 0 Å². The van der Waals surface area contributed by atoms with Crippen LogP contribution in [-0.2, 0) is 17.3 Å². The average Bonchev–Trinajstić information content (AvgIpc) is 2.39. The third-order valence-corrected chi connectivity index (χ3v) is 3.55. The Morgan fingerprint density at radius 3 is 2.43 bits per heavy atom. The van der Waals surface area contributed by atoms with E-state index in [9.17, 15) is 18.0 Å². The van der Waals surface area contributed by atoms with Crippen molar-refractivity contribution in [2.45, 2.75) is 50.6 Å². The summed E-state index contributed by atoms with van der Waals surface area (Å²) < 4.78 is 43.7. The Morgan fingerprint density at radius 1 is 1.24 bits per heavy atom. The number of ether oxygens (including phenoxy) is 1. The van der Waals surface area contributed by atoms with Gasteiger partial charge in [-0.3, -0.25) is 0 Å². The van der Waals surface area contributed by atoms with E-state index in [0.29, 0.717) is 18.4 Å². The second-order valence-corrected chi connectivity index (χ2v) is 5.17. The van der Waals surface area contributed by atoms with E-state index < -0.39 is 17.7 Å². The molecule has 0 aliphatic rings. The topological polar surface area (TPSA) is 26.3 Å². The van der Waals surface area contributed by atoms with E-state index in [0.717, 1.165) is 18.9 Å². The zero-order valence-corrected chi connectivity index (χ0v) is 13.0. The fourth-order valence-electron chi connectivity index (χ4n) is 1.95. The number of hydrogen-bond donors (Lipinski definition) is 1. The van der Waals surface area contributed by atoms with Crippen LogP contribution in [0.4, 0.5) is 13.2 Å². The number of alkyl halides is 3. The summed E-state index contributed by atoms with van der Waals surface area (Å²) in [5.41, 5.74) is -0.345. The first kappa shape index (κ1) is 17.9. The molecule has 2 nitrogen and oxygen atoms in total. The molecule has 0 atom stereocenters. The minimum atomic E-state index is -4.48. The minimum Gasteiger partial charge on any atom is -0.462 e. The van der Waals surface area contributed by atoms with Gasteiger partial charge in [-0.1, -0.05) is 26.7 Å². The number of benzene rings is 1. The Morgan fingerprint density at radius 2 is 1.90 bits per heavy atom. The molecule has 6 heteroatoms. The van der Waals surface area contributed by atoms with Crippen molar-refractivity contribution in [3.05, 3.63) is 28.8 Å². The number of esters is 1. The number of hydrogen-bond acceptors (Lipinski definition) is 3. The molecule has 0 heterocycles. The molecule has 0 radical (unpaired) electrons. The molecule has 21 heavy (non-hydrogen) atoms. The largest absolute Gasteiger partial charge is 0.462 e. The van der Waals surface area contributed by atoms with Crippen molar-refractivity contribution in [3.63, 3.8) is 0 Å². The maximum atomic E-state index is 12.9. The number of carbonyl (C=O) groups excluding carboxylic acids is 1. The summed E-state index contributed by atoms with van der Waals surface area (Å²) in [4.78, 5) is 11.8. The summed E-state index contributed by atoms with van der Waals surface area (Å²) in [6.45, 7) is 4.06. The number of halogens is 3. The molecule has 1 aromatic carbocycles. The van der Waals surface area contributed by atoms with E-state index in [1.807, 2.05) is 13.8 Å². The molecule has 0 saturated carbocycles. The van der Waals surface area contributed by atoms with Gasteiger partial charge in [0.15, 0.2) is 0 Å². The summed E-state index contributed by atoms with van der Waals surface area (Å²) in [7, 11) is 0. The van der Waals surface area contributed by atoms with Crippen molar-refractivity contribution in [1.82, 2.24) is 0 Å². The van der Waals surface area contributed by atoms with Gasteiger partial charge in [-0.15, -0.1) is 12.6 Å². The van der Waals surface area contributed by atoms with Crippen LogP contribution in [-0.4, -0.2) is 12.6 Å². The molecule has 0 bridgehead atoms. The van der Waals surface area contributed by atoms with Gasteiger partial charge in [-0.25, -0.2) is 4.79 Å². The molecule has 1 rings (SSSR count). The molecule has 0 N–H and O–H groups in total. The Hall–Kier alpha value is -1.17. The van der Waals surface area contributed by atoms with Crippen molar-refractivity contribution in [2.24, 2.45) is 0 Å². The number of thiol groups is 1. The molecule has 0 saturated heterocycles. The van der Waals surface area contributed by atoms with Crippen LogP contribution in [0.15, 0.2) is 17.0 Å². The van der Waals surface area contributed by atoms with E-state index in [2.05, 4.69) is 12.6 Å². The van der Waals surface area contributed by atoms with Gasteiger partial charge in [0, 0.05) is 4.90 Å². The maximum absolute atomic E-state index is 12.9. The van der Waals surface area contributed by atoms with E-state index in [1.165, 1.54) is 6.07 Å². The highest BCUT2D eigenvalue weighted by atomic mass is 32.1. The minimum absolute atomic E-state index is 0.172. The third-order valence-electron chi connectivity index (χ3n) is 3.04. The van der Waals surface area contributed by atoms with Gasteiger partial charge in [0.2, 0.25) is 0 Å². The highest BCUT2D eigenvalue weighted by Gasteiger charge is 2.34. The van der Waals surface area contributed by atoms with Gasteiger partial charge in [0.05, 0.1) is 17.7 Å². The normalized spacial score (nSPS) is 11.5. The second-order valence-electron chi connectivity index (χ2n) is 4.73. The molecule has 0 fully saturated rings. The second kappa shape index (κ2) is 7.73. The number of unbranched alkanes of at least 4 members (excludes halogenated alkanes) is 1. The van der Waals surface area contributed by atoms with E-state index >= 15 is 0 Å². The molecular formula is C15H19F3O2S. The van der Waals surface area contributed by atoms with Crippen molar-refractivity contribution < 1.29 is 22.7 Å². The van der Waals surface area contributed by atoms with E-state index in [1.54, 1.807) is 0 Å². The number of carbonyl (C=O) groups is 1. The van der Waals surface area contributed by atoms with Crippen molar-refractivity contribution in [2.75, 3.05) is 6.61 Å². The predicted octanol–water partition coefficient (Wildman–Crippen LogP) is 4.90. The molecule has 0 aliphatic carbocycles. The zero-order valence-electron chi connectivity index (χ0n) is 12.1. The molecule has 0 aromatic heterocycles. The molecule has 0 aliphatic heterocycles. The predicted molar refractivity (Wildman–Crippen MR) is 77.9 cm³/mol. The number of rotatable bonds is 6. The lowest BCUT2D eigenvalue weighted by molar-refractivity contribution is -0.139. The third kappa shape index (κ3) is 4.66. The van der Waals surface area contributed by atoms with Gasteiger partial charge >= 0.3 is 12.1 Å². The lowest BCUT2D eigenvalue weighted by Gasteiger charge is -2.16. The van der Waals surface area contributed by atoms with Gasteiger partial charge in [-0.05, 0) is 30.5 Å². The van der Waals surface area contributed by atoms with Crippen LogP contribution in [0.2, 0.25) is 0 Å². The first-order chi connectivity index (χ1) is 9.82. The van der Waals surface area contributed by atoms with Crippen molar-refractivity contribution >= 4 is 18.6 Å². The Bertz CT molecular complexity index is 498. The average molecular weight is 320 g/mol. The summed E-state index contributed by atoms with van der Waals surface area (Å²) in [5.74, 6) is -0.587. The Balaban J connectivity index is 3.15. The Kier molecular flexibility index (Phi) is 6.58. The maximum Gasteiger partial charge on any atom is 0.417 e. The van der Waals surface area contributed by atoms with Crippen LogP contribution in [0.5, 0.6) is 0 Å². The highest BCUT2D eigenvalue weighted by molar-refractivity contribution is 7.80. The van der Waals surface area contributed by atoms with Gasteiger partial charge in [-0.2, -0.15) is 13.2 Å². The smallest absolute Gasteiger partial charge is 0.417 e.